The second-order valence-electron chi connectivity index (χ2n) is 8.12. The second kappa shape index (κ2) is 10.1. The van der Waals surface area contributed by atoms with Crippen molar-refractivity contribution in [1.82, 2.24) is 14.8 Å². The summed E-state index contributed by atoms with van der Waals surface area (Å²) in [6.45, 7) is 4.23. The van der Waals surface area contributed by atoms with Gasteiger partial charge in [-0.1, -0.05) is 61.2 Å². The number of thioether (sulfide) groups is 1. The van der Waals surface area contributed by atoms with Crippen LogP contribution in [0.2, 0.25) is 0 Å². The Bertz CT molecular complexity index is 1140. The van der Waals surface area contributed by atoms with Gasteiger partial charge in [-0.05, 0) is 36.6 Å². The Morgan fingerprint density at radius 1 is 1.15 bits per heavy atom. The molecule has 2 aromatic carbocycles. The topological polar surface area (TPSA) is 72.3 Å². The molecule has 2 heterocycles. The number of fused-ring (bicyclic) bond motifs is 1. The Labute approximate surface area is 198 Å². The van der Waals surface area contributed by atoms with E-state index in [2.05, 4.69) is 17.2 Å². The zero-order valence-electron chi connectivity index (χ0n) is 19.4. The predicted molar refractivity (Wildman–Crippen MR) is 133 cm³/mol. The normalized spacial score (nSPS) is 15.1. The van der Waals surface area contributed by atoms with Crippen LogP contribution in [0.4, 0.5) is 11.6 Å². The lowest BCUT2D eigenvalue weighted by Gasteiger charge is -2.28. The monoisotopic (exact) mass is 463 g/mol. The van der Waals surface area contributed by atoms with E-state index in [0.717, 1.165) is 34.7 Å². The predicted octanol–water partition coefficient (Wildman–Crippen LogP) is 4.88. The van der Waals surface area contributed by atoms with E-state index in [1.165, 1.54) is 0 Å². The number of carbonyl (C=O) groups is 1. The molecule has 8 heteroatoms. The van der Waals surface area contributed by atoms with E-state index < -0.39 is 6.04 Å². The van der Waals surface area contributed by atoms with Crippen LogP contribution in [0.25, 0.3) is 0 Å². The lowest BCUT2D eigenvalue weighted by molar-refractivity contribution is -0.140. The summed E-state index contributed by atoms with van der Waals surface area (Å²) in [5.41, 5.74) is 4.24. The maximum atomic E-state index is 13.3. The smallest absolute Gasteiger partial charge is 0.338 e. The molecule has 3 aromatic rings. The zero-order chi connectivity index (χ0) is 23.4. The number of hydrogen-bond donors (Lipinski definition) is 1. The first-order valence-corrected chi connectivity index (χ1v) is 12.0. The van der Waals surface area contributed by atoms with Crippen molar-refractivity contribution in [3.05, 3.63) is 77.0 Å². The van der Waals surface area contributed by atoms with Crippen LogP contribution < -0.4 is 10.2 Å². The Balaban J connectivity index is 1.69. The van der Waals surface area contributed by atoms with Gasteiger partial charge in [-0.15, -0.1) is 5.10 Å². The van der Waals surface area contributed by atoms with Crippen molar-refractivity contribution in [1.29, 1.82) is 0 Å². The lowest BCUT2D eigenvalue weighted by Crippen LogP contribution is -2.29. The van der Waals surface area contributed by atoms with Crippen molar-refractivity contribution in [2.75, 3.05) is 30.1 Å². The Hall–Kier alpha value is -3.26. The number of esters is 1. The largest absolute Gasteiger partial charge is 0.457 e. The van der Waals surface area contributed by atoms with Crippen molar-refractivity contribution in [2.24, 2.45) is 0 Å². The molecule has 1 aromatic heterocycles. The number of anilines is 2. The Kier molecular flexibility index (Phi) is 7.03. The van der Waals surface area contributed by atoms with Crippen LogP contribution in [0.15, 0.2) is 71.0 Å². The van der Waals surface area contributed by atoms with Gasteiger partial charge < -0.3 is 15.0 Å². The fraction of sp³-hybridized carbons (Fsp3) is 0.320. The SMILES string of the molecule is CCCSc1nc2n(n1)C(c1ccc(N(C)C)cc1)C(C(=O)OCc1ccccc1)=C(C)N2. The van der Waals surface area contributed by atoms with E-state index in [4.69, 9.17) is 9.84 Å². The maximum Gasteiger partial charge on any atom is 0.338 e. The highest BCUT2D eigenvalue weighted by Crippen LogP contribution is 2.37. The molecule has 1 aliphatic rings. The zero-order valence-corrected chi connectivity index (χ0v) is 20.2. The minimum Gasteiger partial charge on any atom is -0.457 e. The van der Waals surface area contributed by atoms with Gasteiger partial charge in [0.05, 0.1) is 5.57 Å². The van der Waals surface area contributed by atoms with E-state index >= 15 is 0 Å². The molecule has 0 fully saturated rings. The average Bonchev–Trinajstić information content (AvgIpc) is 3.23. The highest BCUT2D eigenvalue weighted by atomic mass is 32.2. The summed E-state index contributed by atoms with van der Waals surface area (Å²) >= 11 is 1.61. The number of ether oxygens (including phenoxy) is 1. The molecule has 1 aliphatic heterocycles. The van der Waals surface area contributed by atoms with Crippen molar-refractivity contribution in [3.63, 3.8) is 0 Å². The fourth-order valence-electron chi connectivity index (χ4n) is 3.71. The van der Waals surface area contributed by atoms with Gasteiger partial charge in [0.15, 0.2) is 0 Å². The Morgan fingerprint density at radius 3 is 2.55 bits per heavy atom. The van der Waals surface area contributed by atoms with Gasteiger partial charge in [0, 0.05) is 31.2 Å². The number of nitrogens with zero attached hydrogens (tertiary/aromatic N) is 4. The molecule has 0 bridgehead atoms. The molecular weight excluding hydrogens is 434 g/mol. The van der Waals surface area contributed by atoms with Crippen LogP contribution in [-0.2, 0) is 16.1 Å². The van der Waals surface area contributed by atoms with Crippen LogP contribution in [0, 0.1) is 0 Å². The van der Waals surface area contributed by atoms with Gasteiger partial charge >= 0.3 is 5.97 Å². The molecule has 172 valence electrons. The van der Waals surface area contributed by atoms with Gasteiger partial charge in [0.25, 0.3) is 0 Å². The number of nitrogens with one attached hydrogen (secondary N) is 1. The third-order valence-electron chi connectivity index (χ3n) is 5.43. The number of allylic oxidation sites excluding steroid dienone is 1. The molecular formula is C25H29N5O2S. The van der Waals surface area contributed by atoms with Gasteiger partial charge in [0.2, 0.25) is 11.1 Å². The van der Waals surface area contributed by atoms with Crippen molar-refractivity contribution in [3.8, 4) is 0 Å². The average molecular weight is 464 g/mol. The first kappa shape index (κ1) is 22.9. The third-order valence-corrected chi connectivity index (χ3v) is 6.47. The molecule has 1 unspecified atom stereocenters. The van der Waals surface area contributed by atoms with E-state index in [0.29, 0.717) is 16.7 Å². The molecule has 33 heavy (non-hydrogen) atoms. The number of benzene rings is 2. The Morgan fingerprint density at radius 2 is 1.88 bits per heavy atom. The minimum absolute atomic E-state index is 0.213. The number of hydrogen-bond acceptors (Lipinski definition) is 7. The van der Waals surface area contributed by atoms with Gasteiger partial charge in [-0.25, -0.2) is 9.48 Å². The molecule has 0 aliphatic carbocycles. The summed E-state index contributed by atoms with van der Waals surface area (Å²) in [6.07, 6.45) is 1.03. The molecule has 0 radical (unpaired) electrons. The maximum absolute atomic E-state index is 13.3. The third kappa shape index (κ3) is 5.06. The molecule has 4 rings (SSSR count). The molecule has 0 saturated heterocycles. The molecule has 1 N–H and O–H groups in total. The minimum atomic E-state index is -0.427. The quantitative estimate of drug-likeness (QED) is 0.377. The van der Waals surface area contributed by atoms with E-state index in [9.17, 15) is 4.79 Å². The van der Waals surface area contributed by atoms with E-state index in [-0.39, 0.29) is 12.6 Å². The fourth-order valence-corrected chi connectivity index (χ4v) is 4.40. The summed E-state index contributed by atoms with van der Waals surface area (Å²) in [4.78, 5) is 20.0. The molecule has 0 spiro atoms. The molecule has 7 nitrogen and oxygen atoms in total. The van der Waals surface area contributed by atoms with E-state index in [1.807, 2.05) is 80.5 Å². The summed E-state index contributed by atoms with van der Waals surface area (Å²) < 4.78 is 7.53. The molecule has 0 saturated carbocycles. The highest BCUT2D eigenvalue weighted by molar-refractivity contribution is 7.99. The first-order chi connectivity index (χ1) is 16.0. The summed E-state index contributed by atoms with van der Waals surface area (Å²) in [5, 5.41) is 8.70. The van der Waals surface area contributed by atoms with Gasteiger partial charge in [-0.2, -0.15) is 4.98 Å². The van der Waals surface area contributed by atoms with Crippen LogP contribution >= 0.6 is 11.8 Å². The summed E-state index contributed by atoms with van der Waals surface area (Å²) in [6, 6.07) is 17.4. The van der Waals surface area contributed by atoms with Crippen molar-refractivity contribution < 1.29 is 9.53 Å². The van der Waals surface area contributed by atoms with Gasteiger partial charge in [0.1, 0.15) is 12.6 Å². The second-order valence-corrected chi connectivity index (χ2v) is 9.19. The standard InChI is InChI=1S/C25H29N5O2S/c1-5-15-33-25-27-24-26-17(2)21(23(31)32-16-18-9-7-6-8-10-18)22(30(24)28-25)19-11-13-20(14-12-19)29(3)4/h6-14,22H,5,15-16H2,1-4H3,(H,26,27,28). The van der Waals surface area contributed by atoms with Crippen LogP contribution in [-0.4, -0.2) is 40.6 Å². The number of aromatic nitrogens is 3. The van der Waals surface area contributed by atoms with Crippen molar-refractivity contribution >= 4 is 29.4 Å². The summed E-state index contributed by atoms with van der Waals surface area (Å²) in [7, 11) is 4.01. The highest BCUT2D eigenvalue weighted by Gasteiger charge is 2.35. The lowest BCUT2D eigenvalue weighted by atomic mass is 9.95. The van der Waals surface area contributed by atoms with Crippen molar-refractivity contribution in [2.45, 2.75) is 38.1 Å². The van der Waals surface area contributed by atoms with Gasteiger partial charge in [-0.3, -0.25) is 0 Å². The van der Waals surface area contributed by atoms with Crippen LogP contribution in [0.1, 0.15) is 37.4 Å². The first-order valence-electron chi connectivity index (χ1n) is 11.0. The molecule has 0 amide bonds. The number of rotatable bonds is 8. The van der Waals surface area contributed by atoms with Crippen LogP contribution in [0.5, 0.6) is 0 Å². The molecule has 1 atom stereocenters. The number of carbonyl (C=O) groups excluding carboxylic acids is 1. The van der Waals surface area contributed by atoms with E-state index in [1.54, 1.807) is 16.4 Å². The summed E-state index contributed by atoms with van der Waals surface area (Å²) in [5.74, 6) is 1.20. The van der Waals surface area contributed by atoms with Crippen LogP contribution in [0.3, 0.4) is 0 Å².